The number of hydrogen-bond acceptors (Lipinski definition) is 11. The number of hydrogen-bond donors (Lipinski definition) is 5. The van der Waals surface area contributed by atoms with Gasteiger partial charge in [-0.3, -0.25) is 24.5 Å². The summed E-state index contributed by atoms with van der Waals surface area (Å²) in [6, 6.07) is 65.5. The molecule has 5 aromatic heterocycles. The number of urea groups is 5. The molecule has 0 unspecified atom stereocenters. The minimum absolute atomic E-state index is 0.0868. The molecule has 5 N–H and O–H groups in total. The van der Waals surface area contributed by atoms with Crippen molar-refractivity contribution < 1.29 is 63.8 Å². The Morgan fingerprint density at radius 1 is 0.309 bits per heavy atom. The summed E-state index contributed by atoms with van der Waals surface area (Å²) in [4.78, 5) is 71.9. The lowest BCUT2D eigenvalue weighted by molar-refractivity contribution is 0.242. The second-order valence-electron chi connectivity index (χ2n) is 32.5. The van der Waals surface area contributed by atoms with Crippen LogP contribution in [0.4, 0.5) is 87.5 Å². The Morgan fingerprint density at radius 2 is 0.596 bits per heavy atom. The summed E-state index contributed by atoms with van der Waals surface area (Å²) >= 11 is 0. The van der Waals surface area contributed by atoms with Crippen molar-refractivity contribution in [2.24, 2.45) is 0 Å². The predicted molar refractivity (Wildman–Crippen MR) is 500 cm³/mol. The number of amides is 10. The van der Waals surface area contributed by atoms with Gasteiger partial charge in [0.15, 0.2) is 0 Å². The number of carbonyl (C=O) groups excluding carboxylic acids is 5. The number of nitrogens with zero attached hydrogens (tertiary/aromatic N) is 15. The van der Waals surface area contributed by atoms with Gasteiger partial charge in [0, 0.05) is 64.5 Å². The number of carbonyl (C=O) groups is 5. The maximum Gasteiger partial charge on any atom is 0.322 e. The van der Waals surface area contributed by atoms with E-state index in [0.29, 0.717) is 56.9 Å². The fourth-order valence-electron chi connectivity index (χ4n) is 16.6. The van der Waals surface area contributed by atoms with Crippen LogP contribution in [0.15, 0.2) is 280 Å². The van der Waals surface area contributed by atoms with Gasteiger partial charge in [-0.2, -0.15) is 25.5 Å². The lowest BCUT2D eigenvalue weighted by atomic mass is 10.1. The number of halogens is 8. The molecule has 10 heterocycles. The quantitative estimate of drug-likeness (QED) is 0.0568. The molecule has 10 aromatic carbocycles. The molecule has 15 aromatic rings. The van der Waals surface area contributed by atoms with Crippen LogP contribution in [0, 0.1) is 46.5 Å². The van der Waals surface area contributed by atoms with Gasteiger partial charge in [-0.25, -0.2) is 82.5 Å². The summed E-state index contributed by atoms with van der Waals surface area (Å²) in [6.45, 7) is 6.10. The summed E-state index contributed by atoms with van der Waals surface area (Å²) in [5.41, 5.74) is 16.3. The first-order valence-electron chi connectivity index (χ1n) is 44.5. The molecular weight excluding hydrogens is 1750 g/mol. The number of ether oxygens (including phenoxy) is 1. The summed E-state index contributed by atoms with van der Waals surface area (Å²) < 4.78 is 120. The third-order valence-corrected chi connectivity index (χ3v) is 23.6. The summed E-state index contributed by atoms with van der Waals surface area (Å²) in [5, 5.41) is 36.5. The van der Waals surface area contributed by atoms with E-state index in [-0.39, 0.29) is 95.8 Å². The number of aromatic nitrogens is 10. The Morgan fingerprint density at radius 3 is 0.912 bits per heavy atom. The molecule has 136 heavy (non-hydrogen) atoms. The van der Waals surface area contributed by atoms with Gasteiger partial charge in [-0.15, -0.1) is 0 Å². The van der Waals surface area contributed by atoms with Crippen molar-refractivity contribution in [3.8, 4) is 34.2 Å². The van der Waals surface area contributed by atoms with Crippen LogP contribution >= 0.6 is 0 Å². The molecular formula is C102H96F8N20O6. The van der Waals surface area contributed by atoms with E-state index in [4.69, 9.17) is 4.74 Å². The maximum absolute atomic E-state index is 13.7. The first-order chi connectivity index (χ1) is 66.1. The Balaban J connectivity index is 0.000000123. The highest BCUT2D eigenvalue weighted by Crippen LogP contribution is 2.36. The first-order valence-corrected chi connectivity index (χ1v) is 44.5. The van der Waals surface area contributed by atoms with Gasteiger partial charge in [-0.1, -0.05) is 84.9 Å². The molecule has 10 amide bonds. The zero-order valence-corrected chi connectivity index (χ0v) is 74.3. The zero-order chi connectivity index (χ0) is 94.7. The van der Waals surface area contributed by atoms with Crippen LogP contribution in [0.5, 0.6) is 5.75 Å². The molecule has 0 bridgehead atoms. The van der Waals surface area contributed by atoms with Crippen molar-refractivity contribution in [2.75, 3.05) is 64.3 Å². The van der Waals surface area contributed by atoms with Crippen molar-refractivity contribution in [2.45, 2.75) is 103 Å². The van der Waals surface area contributed by atoms with E-state index < -0.39 is 0 Å². The molecule has 5 aliphatic heterocycles. The van der Waals surface area contributed by atoms with E-state index in [1.165, 1.54) is 91.0 Å². The Kier molecular flexibility index (Phi) is 29.8. The molecule has 0 radical (unpaired) electrons. The smallest absolute Gasteiger partial charge is 0.322 e. The highest BCUT2D eigenvalue weighted by Gasteiger charge is 2.33. The lowest BCUT2D eigenvalue weighted by Gasteiger charge is -2.29. The van der Waals surface area contributed by atoms with Crippen LogP contribution in [0.25, 0.3) is 28.4 Å². The van der Waals surface area contributed by atoms with Gasteiger partial charge in [-0.05, 0) is 257 Å². The molecule has 0 fully saturated rings. The van der Waals surface area contributed by atoms with Crippen LogP contribution in [0.3, 0.4) is 0 Å². The molecule has 5 aliphatic rings. The molecule has 1 atom stereocenters. The summed E-state index contributed by atoms with van der Waals surface area (Å²) in [5.74, 6) is -1.69. The van der Waals surface area contributed by atoms with Crippen LogP contribution < -0.4 is 55.8 Å². The average molecular weight is 1850 g/mol. The number of rotatable bonds is 16. The number of anilines is 5. The minimum atomic E-state index is -0.346. The summed E-state index contributed by atoms with van der Waals surface area (Å²) in [6.07, 6.45) is 16.4. The minimum Gasteiger partial charge on any atom is -0.497 e. The monoisotopic (exact) mass is 1850 g/mol. The van der Waals surface area contributed by atoms with E-state index in [1.807, 2.05) is 61.5 Å². The Labute approximate surface area is 778 Å². The van der Waals surface area contributed by atoms with Crippen molar-refractivity contribution in [3.05, 3.63) is 383 Å². The van der Waals surface area contributed by atoms with Crippen molar-refractivity contribution in [1.82, 2.24) is 75.5 Å². The van der Waals surface area contributed by atoms with Gasteiger partial charge < -0.3 is 31.3 Å². The van der Waals surface area contributed by atoms with Gasteiger partial charge >= 0.3 is 30.2 Å². The third kappa shape index (κ3) is 22.4. The van der Waals surface area contributed by atoms with Gasteiger partial charge in [0.25, 0.3) is 0 Å². The molecule has 0 saturated carbocycles. The topological polar surface area (TPSA) is 260 Å². The Hall–Kier alpha value is -16.2. The standard InChI is InChI=1S/C21H21FN4O2.C21H21FN4O.3C20H18F2N4O/c1-28-18-10-4-15(5-11-18)13-23-21(27)25-12-2-3-19-20(25)14-24-26(19)17-8-6-16(22)7-9-17;1-15(16-6-3-2-4-7-16)24-21(27)25-13-5-8-19-20(25)14-23-26(19)18-11-9-17(22)10-12-18;21-15-6-8-17(9-7-15)26-18-5-2-10-25(19(18)13-24-26)20(27)23-12-14-3-1-4-16(22)11-14;21-15-5-3-14(4-6-15)12-23-20(27)25-11-1-2-18-19(25)13-24-26(18)17-9-7-16(22)8-10-17;21-15-7-9-16(10-8-15)26-18-6-3-11-25(19(18)13-24-26)20(27)23-12-14-4-1-2-5-17(14)22/h4-11,14H,2-3,12-13H2,1H3,(H,23,27);2-4,6-7,9-12,14-15H,5,8,13H2,1H3,(H,24,27);1,3-4,6-9,11,13H,2,5,10,12H2,(H,23,27);3-10,13H,1-2,11-12H2,(H,23,27);1-2,4-5,7-10,13H,3,6,11-12H2,(H,23,27)/t;15-;;;/m.1.../s1. The number of nitrogens with one attached hydrogen (secondary N) is 5. The van der Waals surface area contributed by atoms with Gasteiger partial charge in [0.1, 0.15) is 52.3 Å². The SMILES string of the molecule is COc1ccc(CNC(=O)N2CCCc3c2cnn3-c2ccc(F)cc2)cc1.C[C@@H](NC(=O)N1CCCc2c1cnn2-c1ccc(F)cc1)c1ccccc1.O=C(NCc1ccc(F)cc1)N1CCCc2c1cnn2-c1ccc(F)cc1.O=C(NCc1cccc(F)c1)N1CCCc2c1cnn2-c1ccc(F)cc1.O=C(NCc1ccccc1F)N1CCCc2c1cnn2-c1ccc(F)cc1. The fourth-order valence-corrected chi connectivity index (χ4v) is 16.6. The van der Waals surface area contributed by atoms with E-state index in [9.17, 15) is 59.1 Å². The van der Waals surface area contributed by atoms with Crippen LogP contribution in [0.1, 0.15) is 101 Å². The normalized spacial score (nSPS) is 13.5. The second kappa shape index (κ2) is 43.5. The van der Waals surface area contributed by atoms with Crippen LogP contribution in [-0.2, 0) is 58.3 Å². The first kappa shape index (κ1) is 93.1. The van der Waals surface area contributed by atoms with Crippen molar-refractivity contribution in [1.29, 1.82) is 0 Å². The number of methoxy groups -OCH3 is 1. The molecule has 26 nitrogen and oxygen atoms in total. The molecule has 20 rings (SSSR count). The van der Waals surface area contributed by atoms with Crippen molar-refractivity contribution >= 4 is 58.6 Å². The Bertz CT molecular complexity index is 6640. The van der Waals surface area contributed by atoms with E-state index in [1.54, 1.807) is 189 Å². The highest BCUT2D eigenvalue weighted by atomic mass is 19.2. The fraction of sp³-hybridized carbons (Fsp3) is 0.216. The van der Waals surface area contributed by atoms with Crippen LogP contribution in [-0.4, -0.2) is 119 Å². The van der Waals surface area contributed by atoms with Crippen LogP contribution in [0.2, 0.25) is 0 Å². The second-order valence-corrected chi connectivity index (χ2v) is 32.5. The molecule has 0 spiro atoms. The predicted octanol–water partition coefficient (Wildman–Crippen LogP) is 19.4. The van der Waals surface area contributed by atoms with Gasteiger partial charge in [0.2, 0.25) is 0 Å². The zero-order valence-electron chi connectivity index (χ0n) is 74.3. The van der Waals surface area contributed by atoms with E-state index in [2.05, 4.69) is 52.1 Å². The van der Waals surface area contributed by atoms with Gasteiger partial charge in [0.05, 0.1) is 129 Å². The molecule has 0 saturated heterocycles. The summed E-state index contributed by atoms with van der Waals surface area (Å²) in [7, 11) is 1.62. The number of benzene rings is 10. The molecule has 0 aliphatic carbocycles. The van der Waals surface area contributed by atoms with E-state index in [0.717, 1.165) is 172 Å². The highest BCUT2D eigenvalue weighted by molar-refractivity contribution is 5.96. The van der Waals surface area contributed by atoms with E-state index >= 15 is 0 Å². The van der Waals surface area contributed by atoms with Crippen molar-refractivity contribution in [3.63, 3.8) is 0 Å². The number of fused-ring (bicyclic) bond motifs is 5. The molecule has 696 valence electrons. The molecule has 34 heteroatoms. The third-order valence-electron chi connectivity index (χ3n) is 23.6. The maximum atomic E-state index is 13.7. The largest absolute Gasteiger partial charge is 0.497 e. The average Bonchev–Trinajstić information content (AvgIpc) is 1.67. The lowest BCUT2D eigenvalue weighted by Crippen LogP contribution is -2.43.